The standard InChI is InChI=1S/C16H40O2Si3/c1-2-3-4-5-6-7-8-9-10-11-12-13-14-15-16-20-18-21-17-19/h2-16,20-21H2,1,19H3. The largest absolute Gasteiger partial charge is 0.449 e. The molecule has 0 amide bonds. The van der Waals surface area contributed by atoms with Gasteiger partial charge in [-0.05, 0) is 6.04 Å². The molecule has 0 saturated carbocycles. The van der Waals surface area contributed by atoms with Crippen molar-refractivity contribution in [3.05, 3.63) is 0 Å². The van der Waals surface area contributed by atoms with Crippen LogP contribution in [0.2, 0.25) is 6.04 Å². The van der Waals surface area contributed by atoms with Gasteiger partial charge in [-0.15, -0.1) is 0 Å². The van der Waals surface area contributed by atoms with Crippen molar-refractivity contribution in [1.29, 1.82) is 0 Å². The van der Waals surface area contributed by atoms with E-state index >= 15 is 0 Å². The van der Waals surface area contributed by atoms with Crippen LogP contribution in [0.15, 0.2) is 0 Å². The summed E-state index contributed by atoms with van der Waals surface area (Å²) in [5.74, 6) is 0. The third-order valence-electron chi connectivity index (χ3n) is 4.09. The Morgan fingerprint density at radius 3 is 1.52 bits per heavy atom. The van der Waals surface area contributed by atoms with E-state index in [0.29, 0.717) is 0 Å². The Hall–Kier alpha value is 0.571. The van der Waals surface area contributed by atoms with Gasteiger partial charge in [0.15, 0.2) is 0 Å². The molecule has 0 N–H and O–H groups in total. The Labute approximate surface area is 141 Å². The molecule has 0 aromatic heterocycles. The minimum absolute atomic E-state index is 0.202. The van der Waals surface area contributed by atoms with Crippen LogP contribution in [0.5, 0.6) is 0 Å². The summed E-state index contributed by atoms with van der Waals surface area (Å²) >= 11 is 0. The van der Waals surface area contributed by atoms with Gasteiger partial charge < -0.3 is 8.23 Å². The van der Waals surface area contributed by atoms with E-state index in [0.717, 1.165) is 10.5 Å². The number of rotatable bonds is 18. The molecule has 0 aliphatic carbocycles. The molecule has 0 spiro atoms. The molecule has 0 unspecified atom stereocenters. The molecule has 5 heteroatoms. The Kier molecular flexibility index (Phi) is 21.1. The molecule has 0 atom stereocenters. The highest BCUT2D eigenvalue weighted by atomic mass is 28.3. The molecule has 0 heterocycles. The third kappa shape index (κ3) is 20.6. The highest BCUT2D eigenvalue weighted by Crippen LogP contribution is 2.13. The quantitative estimate of drug-likeness (QED) is 0.279. The van der Waals surface area contributed by atoms with Gasteiger partial charge in [-0.25, -0.2) is 0 Å². The number of unbranched alkanes of at least 4 members (excludes halogenated alkanes) is 13. The van der Waals surface area contributed by atoms with Gasteiger partial charge in [-0.1, -0.05) is 96.8 Å². The van der Waals surface area contributed by atoms with Gasteiger partial charge >= 0.3 is 0 Å². The van der Waals surface area contributed by atoms with E-state index in [9.17, 15) is 0 Å². The summed E-state index contributed by atoms with van der Waals surface area (Å²) in [5.41, 5.74) is 0. The fraction of sp³-hybridized carbons (Fsp3) is 1.00. The van der Waals surface area contributed by atoms with Crippen LogP contribution in [0.25, 0.3) is 0 Å². The van der Waals surface area contributed by atoms with Crippen LogP contribution >= 0.6 is 0 Å². The fourth-order valence-electron chi connectivity index (χ4n) is 2.72. The van der Waals surface area contributed by atoms with Crippen molar-refractivity contribution >= 4 is 30.3 Å². The lowest BCUT2D eigenvalue weighted by molar-refractivity contribution is 0.498. The molecule has 0 rings (SSSR count). The zero-order valence-electron chi connectivity index (χ0n) is 14.8. The van der Waals surface area contributed by atoms with E-state index in [1.807, 2.05) is 0 Å². The third-order valence-corrected chi connectivity index (χ3v) is 7.65. The maximum Gasteiger partial charge on any atom is 0.282 e. The Bertz CT molecular complexity index is 165. The van der Waals surface area contributed by atoms with Gasteiger partial charge in [0.1, 0.15) is 20.2 Å². The summed E-state index contributed by atoms with van der Waals surface area (Å²) in [5, 5.41) is 0. The zero-order chi connectivity index (χ0) is 15.4. The molecular weight excluding hydrogens is 308 g/mol. The molecule has 0 radical (unpaired) electrons. The predicted molar refractivity (Wildman–Crippen MR) is 104 cm³/mol. The van der Waals surface area contributed by atoms with Crippen LogP contribution in [0.4, 0.5) is 0 Å². The maximum atomic E-state index is 5.59. The smallest absolute Gasteiger partial charge is 0.282 e. The normalized spacial score (nSPS) is 12.4. The minimum Gasteiger partial charge on any atom is -0.449 e. The first-order valence-electron chi connectivity index (χ1n) is 9.48. The summed E-state index contributed by atoms with van der Waals surface area (Å²) in [6, 6.07) is 1.37. The average Bonchev–Trinajstić information content (AvgIpc) is 2.50. The average molecular weight is 349 g/mol. The van der Waals surface area contributed by atoms with Gasteiger partial charge in [0, 0.05) is 0 Å². The van der Waals surface area contributed by atoms with Gasteiger partial charge in [-0.3, -0.25) is 0 Å². The second-order valence-corrected chi connectivity index (χ2v) is 11.6. The van der Waals surface area contributed by atoms with E-state index in [1.165, 1.54) is 95.9 Å². The van der Waals surface area contributed by atoms with Gasteiger partial charge in [0.2, 0.25) is 0 Å². The van der Waals surface area contributed by atoms with Crippen LogP contribution in [0.3, 0.4) is 0 Å². The highest BCUT2D eigenvalue weighted by molar-refractivity contribution is 6.41. The molecule has 0 saturated heterocycles. The second-order valence-electron chi connectivity index (χ2n) is 6.26. The zero-order valence-corrected chi connectivity index (χ0v) is 19.7. The SMILES string of the molecule is CCCCCCCCCCCCCCCC[SiH2]O[SiH2]O[SiH3]. The van der Waals surface area contributed by atoms with E-state index < -0.39 is 10.0 Å². The molecule has 0 aromatic carbocycles. The molecule has 21 heavy (non-hydrogen) atoms. The lowest BCUT2D eigenvalue weighted by atomic mass is 10.0. The van der Waals surface area contributed by atoms with Crippen molar-refractivity contribution in [2.75, 3.05) is 0 Å². The molecule has 0 aromatic rings. The van der Waals surface area contributed by atoms with Crippen molar-refractivity contribution in [3.8, 4) is 0 Å². The first-order valence-corrected chi connectivity index (χ1v) is 13.0. The molecule has 0 fully saturated rings. The van der Waals surface area contributed by atoms with Crippen LogP contribution in [0.1, 0.15) is 96.8 Å². The second kappa shape index (κ2) is 20.6. The van der Waals surface area contributed by atoms with Crippen LogP contribution in [0, 0.1) is 0 Å². The molecular formula is C16H40O2Si3. The highest BCUT2D eigenvalue weighted by Gasteiger charge is 1.94. The first kappa shape index (κ1) is 21.6. The van der Waals surface area contributed by atoms with Crippen molar-refractivity contribution in [3.63, 3.8) is 0 Å². The maximum absolute atomic E-state index is 5.59. The minimum atomic E-state index is -0.519. The Morgan fingerprint density at radius 1 is 0.667 bits per heavy atom. The van der Waals surface area contributed by atoms with Crippen LogP contribution in [-0.4, -0.2) is 30.3 Å². The molecule has 128 valence electrons. The van der Waals surface area contributed by atoms with Crippen molar-refractivity contribution < 1.29 is 8.23 Å². The summed E-state index contributed by atoms with van der Waals surface area (Å²) in [6.07, 6.45) is 20.3. The van der Waals surface area contributed by atoms with Gasteiger partial charge in [0.05, 0.1) is 0 Å². The van der Waals surface area contributed by atoms with E-state index in [2.05, 4.69) is 6.92 Å². The van der Waals surface area contributed by atoms with Crippen molar-refractivity contribution in [2.24, 2.45) is 0 Å². The lowest BCUT2D eigenvalue weighted by Gasteiger charge is -2.04. The Balaban J connectivity index is 2.90. The number of hydrogen-bond acceptors (Lipinski definition) is 2. The van der Waals surface area contributed by atoms with Crippen LogP contribution in [-0.2, 0) is 8.23 Å². The fourth-order valence-corrected chi connectivity index (χ4v) is 6.73. The summed E-state index contributed by atoms with van der Waals surface area (Å²) in [7, 11) is 0.147. The first-order chi connectivity index (χ1) is 10.4. The molecule has 0 bridgehead atoms. The van der Waals surface area contributed by atoms with E-state index in [-0.39, 0.29) is 9.76 Å². The number of hydrogen-bond donors (Lipinski definition) is 0. The molecule has 0 aliphatic rings. The van der Waals surface area contributed by atoms with E-state index in [1.54, 1.807) is 0 Å². The topological polar surface area (TPSA) is 18.5 Å². The predicted octanol–water partition coefficient (Wildman–Crippen LogP) is 3.28. The van der Waals surface area contributed by atoms with E-state index in [4.69, 9.17) is 8.23 Å². The summed E-state index contributed by atoms with van der Waals surface area (Å²) in [4.78, 5) is 0. The van der Waals surface area contributed by atoms with Crippen molar-refractivity contribution in [2.45, 2.75) is 103 Å². The lowest BCUT2D eigenvalue weighted by Crippen LogP contribution is -2.06. The molecule has 2 nitrogen and oxygen atoms in total. The Morgan fingerprint density at radius 2 is 1.10 bits per heavy atom. The molecule has 0 aliphatic heterocycles. The van der Waals surface area contributed by atoms with Gasteiger partial charge in [-0.2, -0.15) is 0 Å². The van der Waals surface area contributed by atoms with Gasteiger partial charge in [0.25, 0.3) is 10.0 Å². The summed E-state index contributed by atoms with van der Waals surface area (Å²) < 4.78 is 10.7. The van der Waals surface area contributed by atoms with Crippen molar-refractivity contribution in [1.82, 2.24) is 0 Å². The summed E-state index contributed by atoms with van der Waals surface area (Å²) in [6.45, 7) is 2.29. The monoisotopic (exact) mass is 348 g/mol. The van der Waals surface area contributed by atoms with Crippen LogP contribution < -0.4 is 0 Å².